The molecule has 0 aromatic carbocycles. The highest BCUT2D eigenvalue weighted by atomic mass is 16.3. The molecular formula is C16H29NO2. The second-order valence-corrected chi connectivity index (χ2v) is 6.66. The van der Waals surface area contributed by atoms with Gasteiger partial charge in [0.05, 0.1) is 6.10 Å². The van der Waals surface area contributed by atoms with Gasteiger partial charge in [-0.05, 0) is 37.5 Å². The summed E-state index contributed by atoms with van der Waals surface area (Å²) < 4.78 is 0. The lowest BCUT2D eigenvalue weighted by Crippen LogP contribution is -2.39. The fourth-order valence-electron chi connectivity index (χ4n) is 3.55. The molecule has 3 nitrogen and oxygen atoms in total. The van der Waals surface area contributed by atoms with Crippen LogP contribution in [-0.4, -0.2) is 35.6 Å². The maximum Gasteiger partial charge on any atom is 0.222 e. The van der Waals surface area contributed by atoms with Crippen LogP contribution < -0.4 is 0 Å². The number of nitrogens with zero attached hydrogens (tertiary/aromatic N) is 1. The van der Waals surface area contributed by atoms with Crippen molar-refractivity contribution in [2.45, 2.75) is 70.3 Å². The molecule has 2 saturated carbocycles. The van der Waals surface area contributed by atoms with Crippen LogP contribution in [0.25, 0.3) is 0 Å². The monoisotopic (exact) mass is 267 g/mol. The van der Waals surface area contributed by atoms with Crippen molar-refractivity contribution in [3.8, 4) is 0 Å². The van der Waals surface area contributed by atoms with E-state index in [0.717, 1.165) is 31.7 Å². The van der Waals surface area contributed by atoms with Gasteiger partial charge in [0, 0.05) is 20.0 Å². The molecular weight excluding hydrogens is 238 g/mol. The van der Waals surface area contributed by atoms with Crippen molar-refractivity contribution in [3.63, 3.8) is 0 Å². The molecule has 2 rings (SSSR count). The van der Waals surface area contributed by atoms with Crippen LogP contribution in [0.2, 0.25) is 0 Å². The highest BCUT2D eigenvalue weighted by Crippen LogP contribution is 2.29. The minimum Gasteiger partial charge on any atom is -0.393 e. The summed E-state index contributed by atoms with van der Waals surface area (Å²) in [7, 11) is 1.91. The minimum atomic E-state index is -0.111. The summed E-state index contributed by atoms with van der Waals surface area (Å²) >= 11 is 0. The fourth-order valence-corrected chi connectivity index (χ4v) is 3.55. The smallest absolute Gasteiger partial charge is 0.222 e. The molecule has 0 radical (unpaired) electrons. The Hall–Kier alpha value is -0.570. The molecule has 2 aliphatic rings. The number of amides is 1. The molecule has 0 heterocycles. The maximum absolute atomic E-state index is 12.0. The van der Waals surface area contributed by atoms with Gasteiger partial charge in [0.1, 0.15) is 0 Å². The summed E-state index contributed by atoms with van der Waals surface area (Å²) in [4.78, 5) is 13.9. The van der Waals surface area contributed by atoms with Crippen molar-refractivity contribution in [1.29, 1.82) is 0 Å². The lowest BCUT2D eigenvalue weighted by molar-refractivity contribution is -0.131. The van der Waals surface area contributed by atoms with E-state index in [9.17, 15) is 9.90 Å². The van der Waals surface area contributed by atoms with Crippen LogP contribution in [0.5, 0.6) is 0 Å². The number of carbonyl (C=O) groups is 1. The van der Waals surface area contributed by atoms with Crippen molar-refractivity contribution in [1.82, 2.24) is 4.90 Å². The molecule has 1 amide bonds. The third-order valence-electron chi connectivity index (χ3n) is 4.90. The number of aliphatic hydroxyl groups is 1. The molecule has 19 heavy (non-hydrogen) atoms. The number of hydrogen-bond acceptors (Lipinski definition) is 2. The molecule has 3 heteroatoms. The van der Waals surface area contributed by atoms with Crippen molar-refractivity contribution >= 4 is 5.91 Å². The SMILES string of the molecule is CN(CC1CC(O)C1)C(=O)CCCC1CCCCC1. The minimum absolute atomic E-state index is 0.111. The standard InChI is InChI=1S/C16H29NO2/c1-17(12-14-10-15(18)11-14)16(19)9-5-8-13-6-3-2-4-7-13/h13-15,18H,2-12H2,1H3. The predicted molar refractivity (Wildman–Crippen MR) is 76.8 cm³/mol. The topological polar surface area (TPSA) is 40.5 Å². The first-order valence-corrected chi connectivity index (χ1v) is 8.07. The van der Waals surface area contributed by atoms with Gasteiger partial charge in [-0.3, -0.25) is 4.79 Å². The van der Waals surface area contributed by atoms with E-state index in [1.165, 1.54) is 38.5 Å². The molecule has 0 saturated heterocycles. The van der Waals surface area contributed by atoms with Crippen LogP contribution in [0.15, 0.2) is 0 Å². The van der Waals surface area contributed by atoms with Gasteiger partial charge in [-0.25, -0.2) is 0 Å². The first-order valence-electron chi connectivity index (χ1n) is 8.07. The zero-order valence-electron chi connectivity index (χ0n) is 12.3. The average Bonchev–Trinajstić information content (AvgIpc) is 2.38. The molecule has 0 bridgehead atoms. The Kier molecular flexibility index (Phi) is 5.68. The van der Waals surface area contributed by atoms with E-state index in [2.05, 4.69) is 0 Å². The van der Waals surface area contributed by atoms with E-state index in [4.69, 9.17) is 0 Å². The maximum atomic E-state index is 12.0. The highest BCUT2D eigenvalue weighted by Gasteiger charge is 2.28. The predicted octanol–water partition coefficient (Wildman–Crippen LogP) is 2.97. The van der Waals surface area contributed by atoms with E-state index < -0.39 is 0 Å². The molecule has 2 fully saturated rings. The number of hydrogen-bond donors (Lipinski definition) is 1. The molecule has 0 aromatic heterocycles. The Labute approximate surface area is 117 Å². The summed E-state index contributed by atoms with van der Waals surface area (Å²) in [6, 6.07) is 0. The Balaban J connectivity index is 1.55. The van der Waals surface area contributed by atoms with Crippen LogP contribution in [0, 0.1) is 11.8 Å². The van der Waals surface area contributed by atoms with Crippen molar-refractivity contribution in [2.75, 3.05) is 13.6 Å². The lowest BCUT2D eigenvalue weighted by atomic mass is 9.82. The Morgan fingerprint density at radius 2 is 1.84 bits per heavy atom. The van der Waals surface area contributed by atoms with Gasteiger partial charge >= 0.3 is 0 Å². The molecule has 2 aliphatic carbocycles. The highest BCUT2D eigenvalue weighted by molar-refractivity contribution is 5.75. The summed E-state index contributed by atoms with van der Waals surface area (Å²) in [6.07, 6.45) is 11.6. The Bertz CT molecular complexity index is 280. The molecule has 0 aliphatic heterocycles. The molecule has 0 unspecified atom stereocenters. The van der Waals surface area contributed by atoms with Crippen molar-refractivity contribution in [2.24, 2.45) is 11.8 Å². The first-order chi connectivity index (χ1) is 9.15. The van der Waals surface area contributed by atoms with Crippen LogP contribution >= 0.6 is 0 Å². The zero-order valence-corrected chi connectivity index (χ0v) is 12.3. The molecule has 110 valence electrons. The van der Waals surface area contributed by atoms with Crippen LogP contribution in [0.4, 0.5) is 0 Å². The van der Waals surface area contributed by atoms with Crippen LogP contribution in [-0.2, 0) is 4.79 Å². The Morgan fingerprint density at radius 1 is 1.16 bits per heavy atom. The van der Waals surface area contributed by atoms with E-state index in [-0.39, 0.29) is 12.0 Å². The molecule has 0 atom stereocenters. The first kappa shape index (κ1) is 14.8. The Morgan fingerprint density at radius 3 is 2.47 bits per heavy atom. The van der Waals surface area contributed by atoms with E-state index in [0.29, 0.717) is 12.3 Å². The normalized spacial score (nSPS) is 27.9. The van der Waals surface area contributed by atoms with Crippen molar-refractivity contribution < 1.29 is 9.90 Å². The van der Waals surface area contributed by atoms with Gasteiger partial charge in [-0.15, -0.1) is 0 Å². The van der Waals surface area contributed by atoms with Gasteiger partial charge in [0.25, 0.3) is 0 Å². The largest absolute Gasteiger partial charge is 0.393 e. The molecule has 0 aromatic rings. The number of carbonyl (C=O) groups excluding carboxylic acids is 1. The van der Waals surface area contributed by atoms with Gasteiger partial charge in [0.2, 0.25) is 5.91 Å². The third-order valence-corrected chi connectivity index (χ3v) is 4.90. The second kappa shape index (κ2) is 7.28. The number of rotatable bonds is 6. The van der Waals surface area contributed by atoms with Gasteiger partial charge in [-0.1, -0.05) is 32.1 Å². The van der Waals surface area contributed by atoms with Gasteiger partial charge in [-0.2, -0.15) is 0 Å². The van der Waals surface area contributed by atoms with Crippen LogP contribution in [0.3, 0.4) is 0 Å². The van der Waals surface area contributed by atoms with Gasteiger partial charge in [0.15, 0.2) is 0 Å². The average molecular weight is 267 g/mol. The molecule has 1 N–H and O–H groups in total. The summed E-state index contributed by atoms with van der Waals surface area (Å²) in [5.74, 6) is 1.70. The number of aliphatic hydroxyl groups excluding tert-OH is 1. The van der Waals surface area contributed by atoms with E-state index in [1.54, 1.807) is 0 Å². The van der Waals surface area contributed by atoms with Crippen LogP contribution in [0.1, 0.15) is 64.2 Å². The molecule has 0 spiro atoms. The van der Waals surface area contributed by atoms with E-state index >= 15 is 0 Å². The third kappa shape index (κ3) is 4.79. The second-order valence-electron chi connectivity index (χ2n) is 6.66. The summed E-state index contributed by atoms with van der Waals surface area (Å²) in [5, 5.41) is 9.25. The lowest BCUT2D eigenvalue weighted by Gasteiger charge is -2.34. The van der Waals surface area contributed by atoms with E-state index in [1.807, 2.05) is 11.9 Å². The summed E-state index contributed by atoms with van der Waals surface area (Å²) in [5.41, 5.74) is 0. The summed E-state index contributed by atoms with van der Waals surface area (Å²) in [6.45, 7) is 0.833. The fraction of sp³-hybridized carbons (Fsp3) is 0.938. The van der Waals surface area contributed by atoms with Crippen molar-refractivity contribution in [3.05, 3.63) is 0 Å². The van der Waals surface area contributed by atoms with Gasteiger partial charge < -0.3 is 10.0 Å². The quantitative estimate of drug-likeness (QED) is 0.803. The zero-order chi connectivity index (χ0) is 13.7.